The van der Waals surface area contributed by atoms with Crippen LogP contribution in [0.25, 0.3) is 22.4 Å². The van der Waals surface area contributed by atoms with Crippen molar-refractivity contribution >= 4 is 75.3 Å². The van der Waals surface area contributed by atoms with Crippen LogP contribution in [-0.4, -0.2) is 9.91 Å². The summed E-state index contributed by atoms with van der Waals surface area (Å²) in [6.07, 6.45) is 1.10. The Morgan fingerprint density at radius 2 is 1.26 bits per heavy atom. The summed E-state index contributed by atoms with van der Waals surface area (Å²) in [6, 6.07) is 7.32. The van der Waals surface area contributed by atoms with Crippen molar-refractivity contribution in [1.82, 2.24) is 4.98 Å². The summed E-state index contributed by atoms with van der Waals surface area (Å²) in [4.78, 5) is 14.9. The average molecular weight is 483 g/mol. The van der Waals surface area contributed by atoms with Crippen LogP contribution in [0.15, 0.2) is 36.5 Å². The summed E-state index contributed by atoms with van der Waals surface area (Å²) in [7, 11) is 0. The molecule has 0 saturated heterocycles. The first-order valence-corrected chi connectivity index (χ1v) is 9.40. The molecular formula is C17H6Cl6N2O2. The molecular weight excluding hydrogens is 477 g/mol. The maximum Gasteiger partial charge on any atom is 0.288 e. The van der Waals surface area contributed by atoms with Gasteiger partial charge in [0.05, 0.1) is 30.7 Å². The molecule has 0 radical (unpaired) electrons. The van der Waals surface area contributed by atoms with Crippen LogP contribution in [-0.2, 0) is 0 Å². The van der Waals surface area contributed by atoms with Crippen LogP contribution in [0.4, 0.5) is 5.69 Å². The van der Waals surface area contributed by atoms with E-state index in [9.17, 15) is 10.1 Å². The summed E-state index contributed by atoms with van der Waals surface area (Å²) in [6.45, 7) is 0. The smallest absolute Gasteiger partial charge is 0.258 e. The number of hydrogen-bond acceptors (Lipinski definition) is 3. The van der Waals surface area contributed by atoms with Gasteiger partial charge in [-0.1, -0.05) is 69.6 Å². The van der Waals surface area contributed by atoms with E-state index < -0.39 is 4.92 Å². The van der Waals surface area contributed by atoms with Crippen molar-refractivity contribution in [3.05, 3.63) is 76.8 Å². The van der Waals surface area contributed by atoms with E-state index in [-0.39, 0.29) is 31.5 Å². The third-order valence-corrected chi connectivity index (χ3v) is 5.66. The summed E-state index contributed by atoms with van der Waals surface area (Å²) in [5, 5.41) is 12.6. The Hall–Kier alpha value is -1.27. The molecule has 0 aliphatic rings. The van der Waals surface area contributed by atoms with Gasteiger partial charge in [-0.2, -0.15) is 0 Å². The Labute approximate surface area is 183 Å². The summed E-state index contributed by atoms with van der Waals surface area (Å²) < 4.78 is 0. The molecule has 1 heterocycles. The van der Waals surface area contributed by atoms with Crippen molar-refractivity contribution in [3.8, 4) is 22.4 Å². The Morgan fingerprint density at radius 1 is 0.741 bits per heavy atom. The lowest BCUT2D eigenvalue weighted by atomic mass is 9.98. The van der Waals surface area contributed by atoms with E-state index in [1.54, 1.807) is 6.07 Å². The minimum atomic E-state index is -0.576. The van der Waals surface area contributed by atoms with Gasteiger partial charge >= 0.3 is 0 Å². The van der Waals surface area contributed by atoms with Gasteiger partial charge < -0.3 is 0 Å². The predicted molar refractivity (Wildman–Crippen MR) is 112 cm³/mol. The van der Waals surface area contributed by atoms with Crippen molar-refractivity contribution < 1.29 is 4.92 Å². The molecule has 0 saturated carbocycles. The lowest BCUT2D eigenvalue weighted by Crippen LogP contribution is -1.96. The first kappa shape index (κ1) is 20.5. The first-order chi connectivity index (χ1) is 12.7. The van der Waals surface area contributed by atoms with Gasteiger partial charge in [0, 0.05) is 32.8 Å². The highest BCUT2D eigenvalue weighted by atomic mass is 35.5. The molecule has 0 atom stereocenters. The number of nitrogens with zero attached hydrogens (tertiary/aromatic N) is 2. The summed E-state index contributed by atoms with van der Waals surface area (Å²) >= 11 is 37.0. The monoisotopic (exact) mass is 480 g/mol. The molecule has 0 bridgehead atoms. The van der Waals surface area contributed by atoms with Gasteiger partial charge in [0.1, 0.15) is 6.20 Å². The first-order valence-electron chi connectivity index (χ1n) is 7.13. The number of benzene rings is 2. The van der Waals surface area contributed by atoms with Gasteiger partial charge in [-0.05, 0) is 24.3 Å². The lowest BCUT2D eigenvalue weighted by molar-refractivity contribution is -0.385. The van der Waals surface area contributed by atoms with Crippen LogP contribution >= 0.6 is 69.6 Å². The highest BCUT2D eigenvalue weighted by molar-refractivity contribution is 6.46. The molecule has 138 valence electrons. The summed E-state index contributed by atoms with van der Waals surface area (Å²) in [5.74, 6) is 0. The fourth-order valence-corrected chi connectivity index (χ4v) is 3.85. The number of hydrogen-bond donors (Lipinski definition) is 0. The van der Waals surface area contributed by atoms with Crippen molar-refractivity contribution in [1.29, 1.82) is 0 Å². The molecule has 0 aliphatic heterocycles. The number of pyridine rings is 1. The van der Waals surface area contributed by atoms with E-state index in [2.05, 4.69) is 4.98 Å². The highest BCUT2D eigenvalue weighted by Crippen LogP contribution is 2.44. The van der Waals surface area contributed by atoms with E-state index in [0.29, 0.717) is 26.7 Å². The second-order valence-electron chi connectivity index (χ2n) is 5.35. The molecule has 0 fully saturated rings. The topological polar surface area (TPSA) is 56.0 Å². The largest absolute Gasteiger partial charge is 0.288 e. The molecule has 1 aromatic heterocycles. The normalized spacial score (nSPS) is 10.9. The maximum absolute atomic E-state index is 11.2. The van der Waals surface area contributed by atoms with Gasteiger partial charge in [-0.25, -0.2) is 4.98 Å². The molecule has 0 N–H and O–H groups in total. The number of halogens is 6. The Morgan fingerprint density at radius 3 is 1.81 bits per heavy atom. The van der Waals surface area contributed by atoms with Crippen LogP contribution in [0.3, 0.4) is 0 Å². The predicted octanol–water partition coefficient (Wildman–Crippen LogP) is 8.24. The molecule has 0 amide bonds. The average Bonchev–Trinajstić information content (AvgIpc) is 2.60. The number of rotatable bonds is 3. The van der Waals surface area contributed by atoms with Crippen LogP contribution < -0.4 is 0 Å². The zero-order chi connectivity index (χ0) is 19.9. The molecule has 10 heteroatoms. The van der Waals surface area contributed by atoms with Crippen molar-refractivity contribution in [2.45, 2.75) is 0 Å². The molecule has 2 aromatic carbocycles. The number of aromatic nitrogens is 1. The lowest BCUT2D eigenvalue weighted by Gasteiger charge is -2.14. The molecule has 0 unspecified atom stereocenters. The van der Waals surface area contributed by atoms with Gasteiger partial charge in [-0.15, -0.1) is 0 Å². The van der Waals surface area contributed by atoms with Gasteiger partial charge in [0.25, 0.3) is 5.69 Å². The van der Waals surface area contributed by atoms with Gasteiger partial charge in [-0.3, -0.25) is 10.1 Å². The second kappa shape index (κ2) is 8.00. The van der Waals surface area contributed by atoms with Gasteiger partial charge in [0.2, 0.25) is 0 Å². The van der Waals surface area contributed by atoms with E-state index in [1.807, 2.05) is 0 Å². The van der Waals surface area contributed by atoms with Crippen molar-refractivity contribution in [2.75, 3.05) is 0 Å². The van der Waals surface area contributed by atoms with Crippen LogP contribution in [0.5, 0.6) is 0 Å². The van der Waals surface area contributed by atoms with Crippen LogP contribution in [0.2, 0.25) is 30.1 Å². The quantitative estimate of drug-likeness (QED) is 0.214. The third kappa shape index (κ3) is 4.11. The SMILES string of the molecule is O=[N+]([O-])c1cnc(-c2cc(Cl)cc(Cl)c2Cl)c(-c2cc(Cl)cc(Cl)c2Cl)c1. The highest BCUT2D eigenvalue weighted by Gasteiger charge is 2.21. The Bertz CT molecular complexity index is 1090. The maximum atomic E-state index is 11.2. The fourth-order valence-electron chi connectivity index (χ4n) is 2.45. The molecule has 4 nitrogen and oxygen atoms in total. The second-order valence-corrected chi connectivity index (χ2v) is 7.79. The molecule has 0 spiro atoms. The third-order valence-electron chi connectivity index (χ3n) is 3.62. The Kier molecular flexibility index (Phi) is 6.06. The molecule has 0 aliphatic carbocycles. The zero-order valence-electron chi connectivity index (χ0n) is 12.9. The van der Waals surface area contributed by atoms with E-state index in [4.69, 9.17) is 69.6 Å². The molecule has 3 rings (SSSR count). The van der Waals surface area contributed by atoms with E-state index >= 15 is 0 Å². The van der Waals surface area contributed by atoms with Crippen molar-refractivity contribution in [3.63, 3.8) is 0 Å². The van der Waals surface area contributed by atoms with Crippen LogP contribution in [0, 0.1) is 10.1 Å². The standard InChI is InChI=1S/C17H6Cl6N2O2/c18-7-1-10(15(22)13(20)3-7)11-5-9(25(26)27)6-24-17(11)12-2-8(19)4-14(21)16(12)23/h1-6H. The number of nitro groups is 1. The van der Waals surface area contributed by atoms with E-state index in [1.165, 1.54) is 24.3 Å². The van der Waals surface area contributed by atoms with Crippen LogP contribution in [0.1, 0.15) is 0 Å². The fraction of sp³-hybridized carbons (Fsp3) is 0. The van der Waals surface area contributed by atoms with Gasteiger partial charge in [0.15, 0.2) is 0 Å². The van der Waals surface area contributed by atoms with E-state index in [0.717, 1.165) is 6.20 Å². The molecule has 3 aromatic rings. The summed E-state index contributed by atoms with van der Waals surface area (Å²) in [5.41, 5.74) is 1.08. The molecule has 27 heavy (non-hydrogen) atoms. The minimum absolute atomic E-state index is 0.161. The Balaban J connectivity index is 2.40. The zero-order valence-corrected chi connectivity index (χ0v) is 17.5. The minimum Gasteiger partial charge on any atom is -0.258 e. The van der Waals surface area contributed by atoms with Crippen molar-refractivity contribution in [2.24, 2.45) is 0 Å².